The van der Waals surface area contributed by atoms with Crippen LogP contribution in [0.15, 0.2) is 42.5 Å². The monoisotopic (exact) mass is 395 g/mol. The number of hydrogen-bond acceptors (Lipinski definition) is 4. The number of fused-ring (bicyclic) bond motifs is 1. The fourth-order valence-electron chi connectivity index (χ4n) is 3.45. The first-order valence-corrected chi connectivity index (χ1v) is 9.36. The van der Waals surface area contributed by atoms with Crippen LogP contribution in [0.1, 0.15) is 22.5 Å². The van der Waals surface area contributed by atoms with Crippen molar-refractivity contribution in [3.63, 3.8) is 0 Å². The van der Waals surface area contributed by atoms with Gasteiger partial charge in [-0.2, -0.15) is 5.10 Å². The molecule has 0 aliphatic carbocycles. The smallest absolute Gasteiger partial charge is 0.231 e. The van der Waals surface area contributed by atoms with E-state index in [0.29, 0.717) is 12.3 Å². The van der Waals surface area contributed by atoms with Crippen LogP contribution in [0, 0.1) is 19.7 Å². The van der Waals surface area contributed by atoms with Crippen LogP contribution < -0.4 is 9.47 Å². The van der Waals surface area contributed by atoms with Crippen LogP contribution in [0.4, 0.5) is 4.39 Å². The SMILES string of the molecule is Cc1nn(-c2ccc(F)cc2)c(C)c1CC(=O)N(C)Cc1ccc2c(c1)OCO2. The molecule has 1 aromatic heterocycles. The Morgan fingerprint density at radius 3 is 2.62 bits per heavy atom. The number of hydrogen-bond donors (Lipinski definition) is 0. The summed E-state index contributed by atoms with van der Waals surface area (Å²) in [4.78, 5) is 14.5. The molecule has 0 N–H and O–H groups in total. The summed E-state index contributed by atoms with van der Waals surface area (Å²) in [5.74, 6) is 1.13. The molecular weight excluding hydrogens is 373 g/mol. The lowest BCUT2D eigenvalue weighted by Gasteiger charge is -2.18. The van der Waals surface area contributed by atoms with Crippen LogP contribution in [0.2, 0.25) is 0 Å². The summed E-state index contributed by atoms with van der Waals surface area (Å²) >= 11 is 0. The van der Waals surface area contributed by atoms with Gasteiger partial charge < -0.3 is 14.4 Å². The minimum absolute atomic E-state index is 0.00692. The van der Waals surface area contributed by atoms with Gasteiger partial charge in [-0.3, -0.25) is 4.79 Å². The third-order valence-corrected chi connectivity index (χ3v) is 5.12. The van der Waals surface area contributed by atoms with Crippen molar-refractivity contribution in [1.29, 1.82) is 0 Å². The lowest BCUT2D eigenvalue weighted by Crippen LogP contribution is -2.28. The van der Waals surface area contributed by atoms with Gasteiger partial charge in [0.15, 0.2) is 11.5 Å². The van der Waals surface area contributed by atoms with Crippen molar-refractivity contribution in [3.05, 3.63) is 70.8 Å². The van der Waals surface area contributed by atoms with Crippen molar-refractivity contribution in [2.24, 2.45) is 0 Å². The highest BCUT2D eigenvalue weighted by molar-refractivity contribution is 5.79. The highest BCUT2D eigenvalue weighted by Crippen LogP contribution is 2.32. The first-order valence-electron chi connectivity index (χ1n) is 9.36. The Labute approximate surface area is 168 Å². The average Bonchev–Trinajstić information content (AvgIpc) is 3.28. The maximum absolute atomic E-state index is 13.2. The summed E-state index contributed by atoms with van der Waals surface area (Å²) in [6, 6.07) is 11.8. The first-order chi connectivity index (χ1) is 13.9. The fourth-order valence-corrected chi connectivity index (χ4v) is 3.45. The number of likely N-dealkylation sites (N-methyl/N-ethyl adjacent to an activating group) is 1. The van der Waals surface area contributed by atoms with Crippen molar-refractivity contribution < 1.29 is 18.7 Å². The van der Waals surface area contributed by atoms with Gasteiger partial charge in [0.25, 0.3) is 0 Å². The molecule has 1 aliphatic rings. The van der Waals surface area contributed by atoms with E-state index in [4.69, 9.17) is 9.47 Å². The van der Waals surface area contributed by atoms with Crippen LogP contribution in [-0.2, 0) is 17.8 Å². The summed E-state index contributed by atoms with van der Waals surface area (Å²) in [6.45, 7) is 4.50. The summed E-state index contributed by atoms with van der Waals surface area (Å²) < 4.78 is 25.7. The number of amides is 1. The van der Waals surface area contributed by atoms with Crippen LogP contribution >= 0.6 is 0 Å². The number of halogens is 1. The molecule has 0 bridgehead atoms. The normalized spacial score (nSPS) is 12.3. The third kappa shape index (κ3) is 3.81. The Kier molecular flexibility index (Phi) is 4.96. The lowest BCUT2D eigenvalue weighted by molar-refractivity contribution is -0.129. The minimum Gasteiger partial charge on any atom is -0.454 e. The maximum atomic E-state index is 13.2. The molecule has 6 nitrogen and oxygen atoms in total. The number of carbonyl (C=O) groups excluding carboxylic acids is 1. The standard InChI is InChI=1S/C22H22FN3O3/c1-14-19(15(2)26(24-14)18-7-5-17(23)6-8-18)11-22(27)25(3)12-16-4-9-20-21(10-16)29-13-28-20/h4-10H,11-13H2,1-3H3. The van der Waals surface area contributed by atoms with Gasteiger partial charge in [-0.05, 0) is 55.8 Å². The van der Waals surface area contributed by atoms with E-state index < -0.39 is 0 Å². The molecule has 0 fully saturated rings. The zero-order chi connectivity index (χ0) is 20.5. The molecular formula is C22H22FN3O3. The first kappa shape index (κ1) is 19.0. The number of nitrogens with zero attached hydrogens (tertiary/aromatic N) is 3. The number of aryl methyl sites for hydroxylation is 1. The van der Waals surface area contributed by atoms with Crippen LogP contribution in [0.5, 0.6) is 11.5 Å². The van der Waals surface area contributed by atoms with Crippen molar-refractivity contribution in [2.45, 2.75) is 26.8 Å². The van der Waals surface area contributed by atoms with E-state index in [1.165, 1.54) is 12.1 Å². The van der Waals surface area contributed by atoms with Crippen molar-refractivity contribution in [2.75, 3.05) is 13.8 Å². The highest BCUT2D eigenvalue weighted by Gasteiger charge is 2.19. The van der Waals surface area contributed by atoms with Gasteiger partial charge >= 0.3 is 0 Å². The van der Waals surface area contributed by atoms with E-state index in [-0.39, 0.29) is 24.9 Å². The predicted molar refractivity (Wildman–Crippen MR) is 106 cm³/mol. The zero-order valence-corrected chi connectivity index (χ0v) is 16.6. The van der Waals surface area contributed by atoms with E-state index >= 15 is 0 Å². The molecule has 4 rings (SSSR count). The van der Waals surface area contributed by atoms with Gasteiger partial charge in [-0.1, -0.05) is 6.07 Å². The van der Waals surface area contributed by atoms with E-state index in [2.05, 4.69) is 5.10 Å². The zero-order valence-electron chi connectivity index (χ0n) is 16.6. The summed E-state index contributed by atoms with van der Waals surface area (Å²) in [6.07, 6.45) is 0.250. The Balaban J connectivity index is 1.48. The third-order valence-electron chi connectivity index (χ3n) is 5.12. The van der Waals surface area contributed by atoms with Gasteiger partial charge in [-0.25, -0.2) is 9.07 Å². The molecule has 1 aliphatic heterocycles. The Morgan fingerprint density at radius 1 is 1.14 bits per heavy atom. The second kappa shape index (κ2) is 7.58. The second-order valence-corrected chi connectivity index (χ2v) is 7.15. The largest absolute Gasteiger partial charge is 0.454 e. The molecule has 1 amide bonds. The topological polar surface area (TPSA) is 56.6 Å². The molecule has 3 aromatic rings. The number of aromatic nitrogens is 2. The van der Waals surface area contributed by atoms with Crippen LogP contribution in [0.3, 0.4) is 0 Å². The summed E-state index contributed by atoms with van der Waals surface area (Å²) in [7, 11) is 1.78. The van der Waals surface area contributed by atoms with Crippen LogP contribution in [-0.4, -0.2) is 34.4 Å². The Bertz CT molecular complexity index is 1060. The van der Waals surface area contributed by atoms with Gasteiger partial charge in [0.05, 0.1) is 17.8 Å². The number of carbonyl (C=O) groups is 1. The average molecular weight is 395 g/mol. The summed E-state index contributed by atoms with van der Waals surface area (Å²) in [5.41, 5.74) is 4.28. The molecule has 0 saturated carbocycles. The molecule has 0 saturated heterocycles. The second-order valence-electron chi connectivity index (χ2n) is 7.15. The van der Waals surface area contributed by atoms with Crippen LogP contribution in [0.25, 0.3) is 5.69 Å². The number of ether oxygens (including phenoxy) is 2. The molecule has 7 heteroatoms. The number of rotatable bonds is 5. The maximum Gasteiger partial charge on any atom is 0.231 e. The summed E-state index contributed by atoms with van der Waals surface area (Å²) in [5, 5.41) is 4.54. The van der Waals surface area contributed by atoms with E-state index in [1.807, 2.05) is 32.0 Å². The van der Waals surface area contributed by atoms with E-state index in [0.717, 1.165) is 34.0 Å². The Hall–Kier alpha value is -3.35. The minimum atomic E-state index is -0.296. The molecule has 29 heavy (non-hydrogen) atoms. The van der Waals surface area contributed by atoms with Gasteiger partial charge in [0.1, 0.15) is 5.82 Å². The Morgan fingerprint density at radius 2 is 1.86 bits per heavy atom. The molecule has 0 atom stereocenters. The van der Waals surface area contributed by atoms with Gasteiger partial charge in [0, 0.05) is 24.8 Å². The fraction of sp³-hybridized carbons (Fsp3) is 0.273. The molecule has 2 heterocycles. The molecule has 0 spiro atoms. The van der Waals surface area contributed by atoms with Gasteiger partial charge in [-0.15, -0.1) is 0 Å². The lowest BCUT2D eigenvalue weighted by atomic mass is 10.1. The van der Waals surface area contributed by atoms with Gasteiger partial charge in [0.2, 0.25) is 12.7 Å². The van der Waals surface area contributed by atoms with E-state index in [9.17, 15) is 9.18 Å². The highest BCUT2D eigenvalue weighted by atomic mass is 19.1. The predicted octanol–water partition coefficient (Wildman–Crippen LogP) is 3.56. The molecule has 0 unspecified atom stereocenters. The molecule has 2 aromatic carbocycles. The van der Waals surface area contributed by atoms with Crippen molar-refractivity contribution >= 4 is 5.91 Å². The van der Waals surface area contributed by atoms with Crippen molar-refractivity contribution in [3.8, 4) is 17.2 Å². The van der Waals surface area contributed by atoms with E-state index in [1.54, 1.807) is 28.8 Å². The molecule has 0 radical (unpaired) electrons. The number of benzene rings is 2. The van der Waals surface area contributed by atoms with Crippen molar-refractivity contribution in [1.82, 2.24) is 14.7 Å². The quantitative estimate of drug-likeness (QED) is 0.663. The molecule has 150 valence electrons.